The van der Waals surface area contributed by atoms with Crippen molar-refractivity contribution in [2.75, 3.05) is 44.7 Å². The van der Waals surface area contributed by atoms with E-state index in [0.29, 0.717) is 12.5 Å². The highest BCUT2D eigenvalue weighted by molar-refractivity contribution is 5.92. The van der Waals surface area contributed by atoms with Gasteiger partial charge in [0.05, 0.1) is 13.2 Å². The monoisotopic (exact) mass is 344 g/mol. The van der Waals surface area contributed by atoms with E-state index in [2.05, 4.69) is 52.3 Å². The standard InChI is InChI=1S/C19H28N4O2/c1-15(2)14-20-19(24)21-17-3-4-18-16(13-17)5-6-23(18)8-7-22-9-11-25-12-10-22/h3-6,13,15H,7-12,14H2,1-2H3,(H2,20,21,24). The van der Waals surface area contributed by atoms with E-state index in [1.54, 1.807) is 0 Å². The summed E-state index contributed by atoms with van der Waals surface area (Å²) in [6.45, 7) is 10.5. The summed E-state index contributed by atoms with van der Waals surface area (Å²) in [5, 5.41) is 6.91. The van der Waals surface area contributed by atoms with E-state index in [0.717, 1.165) is 50.5 Å². The lowest BCUT2D eigenvalue weighted by Gasteiger charge is -2.26. The fourth-order valence-corrected chi connectivity index (χ4v) is 3.02. The van der Waals surface area contributed by atoms with Gasteiger partial charge >= 0.3 is 6.03 Å². The van der Waals surface area contributed by atoms with E-state index in [4.69, 9.17) is 4.74 Å². The minimum absolute atomic E-state index is 0.153. The molecule has 2 N–H and O–H groups in total. The molecule has 2 aromatic rings. The number of benzene rings is 1. The summed E-state index contributed by atoms with van der Waals surface area (Å²) in [5.74, 6) is 0.439. The molecule has 3 rings (SSSR count). The number of aromatic nitrogens is 1. The molecule has 1 aromatic carbocycles. The van der Waals surface area contributed by atoms with Gasteiger partial charge in [0, 0.05) is 55.5 Å². The van der Waals surface area contributed by atoms with E-state index >= 15 is 0 Å². The lowest BCUT2D eigenvalue weighted by atomic mass is 10.2. The van der Waals surface area contributed by atoms with Crippen molar-refractivity contribution < 1.29 is 9.53 Å². The second-order valence-electron chi connectivity index (χ2n) is 6.97. The number of fused-ring (bicyclic) bond motifs is 1. The number of nitrogens with one attached hydrogen (secondary N) is 2. The minimum atomic E-state index is -0.153. The molecular formula is C19H28N4O2. The second kappa shape index (κ2) is 8.36. The first-order valence-electron chi connectivity index (χ1n) is 9.05. The molecule has 136 valence electrons. The Morgan fingerprint density at radius 1 is 1.20 bits per heavy atom. The Morgan fingerprint density at radius 3 is 2.76 bits per heavy atom. The van der Waals surface area contributed by atoms with Crippen molar-refractivity contribution >= 4 is 22.6 Å². The number of nitrogens with zero attached hydrogens (tertiary/aromatic N) is 2. The number of carbonyl (C=O) groups is 1. The van der Waals surface area contributed by atoms with Gasteiger partial charge in [0.2, 0.25) is 0 Å². The first kappa shape index (κ1) is 17.8. The van der Waals surface area contributed by atoms with Gasteiger partial charge in [-0.1, -0.05) is 13.8 Å². The normalized spacial score (nSPS) is 15.6. The Balaban J connectivity index is 1.59. The zero-order valence-electron chi connectivity index (χ0n) is 15.1. The number of rotatable bonds is 6. The number of ether oxygens (including phenoxy) is 1. The van der Waals surface area contributed by atoms with E-state index in [1.165, 1.54) is 5.52 Å². The number of urea groups is 1. The van der Waals surface area contributed by atoms with Crippen molar-refractivity contribution in [3.8, 4) is 0 Å². The maximum absolute atomic E-state index is 11.9. The molecule has 0 radical (unpaired) electrons. The van der Waals surface area contributed by atoms with Crippen LogP contribution in [0, 0.1) is 5.92 Å². The third kappa shape index (κ3) is 4.96. The number of morpholine rings is 1. The van der Waals surface area contributed by atoms with Gasteiger partial charge in [0.25, 0.3) is 0 Å². The first-order valence-corrected chi connectivity index (χ1v) is 9.05. The lowest BCUT2D eigenvalue weighted by Crippen LogP contribution is -2.38. The van der Waals surface area contributed by atoms with E-state index in [-0.39, 0.29) is 6.03 Å². The molecule has 25 heavy (non-hydrogen) atoms. The fourth-order valence-electron chi connectivity index (χ4n) is 3.02. The third-order valence-electron chi connectivity index (χ3n) is 4.46. The topological polar surface area (TPSA) is 58.5 Å². The minimum Gasteiger partial charge on any atom is -0.379 e. The first-order chi connectivity index (χ1) is 12.1. The predicted octanol–water partition coefficient (Wildman–Crippen LogP) is 2.75. The zero-order chi connectivity index (χ0) is 17.6. The molecule has 2 amide bonds. The van der Waals surface area contributed by atoms with Crippen LogP contribution in [-0.2, 0) is 11.3 Å². The van der Waals surface area contributed by atoms with Crippen LogP contribution < -0.4 is 10.6 Å². The van der Waals surface area contributed by atoms with Crippen molar-refractivity contribution in [3.63, 3.8) is 0 Å². The average molecular weight is 344 g/mol. The molecule has 0 bridgehead atoms. The Bertz CT molecular complexity index is 705. The van der Waals surface area contributed by atoms with Gasteiger partial charge in [0.15, 0.2) is 0 Å². The molecule has 6 heteroatoms. The lowest BCUT2D eigenvalue weighted by molar-refractivity contribution is 0.0365. The molecule has 1 aliphatic rings. The van der Waals surface area contributed by atoms with Gasteiger partial charge in [-0.25, -0.2) is 4.79 Å². The van der Waals surface area contributed by atoms with E-state index in [9.17, 15) is 4.79 Å². The summed E-state index contributed by atoms with van der Waals surface area (Å²) in [4.78, 5) is 14.3. The molecule has 0 unspecified atom stereocenters. The van der Waals surface area contributed by atoms with Gasteiger partial charge in [-0.2, -0.15) is 0 Å². The SMILES string of the molecule is CC(C)CNC(=O)Nc1ccc2c(ccn2CCN2CCOCC2)c1. The highest BCUT2D eigenvalue weighted by Crippen LogP contribution is 2.20. The van der Waals surface area contributed by atoms with Gasteiger partial charge in [0.1, 0.15) is 0 Å². The second-order valence-corrected chi connectivity index (χ2v) is 6.97. The molecule has 1 fully saturated rings. The van der Waals surface area contributed by atoms with Crippen molar-refractivity contribution in [2.45, 2.75) is 20.4 Å². The summed E-state index contributed by atoms with van der Waals surface area (Å²) in [5.41, 5.74) is 2.01. The van der Waals surface area contributed by atoms with Gasteiger partial charge in [-0.15, -0.1) is 0 Å². The largest absolute Gasteiger partial charge is 0.379 e. The van der Waals surface area contributed by atoms with Crippen LogP contribution in [0.1, 0.15) is 13.8 Å². The van der Waals surface area contributed by atoms with Crippen LogP contribution in [0.4, 0.5) is 10.5 Å². The highest BCUT2D eigenvalue weighted by atomic mass is 16.5. The Labute approximate surface area is 149 Å². The Hall–Kier alpha value is -2.05. The Morgan fingerprint density at radius 2 is 2.00 bits per heavy atom. The van der Waals surface area contributed by atoms with Crippen LogP contribution in [-0.4, -0.2) is 54.9 Å². The van der Waals surface area contributed by atoms with E-state index < -0.39 is 0 Å². The molecule has 2 heterocycles. The molecule has 6 nitrogen and oxygen atoms in total. The fraction of sp³-hybridized carbons (Fsp3) is 0.526. The zero-order valence-corrected chi connectivity index (χ0v) is 15.1. The number of hydrogen-bond donors (Lipinski definition) is 2. The number of hydrogen-bond acceptors (Lipinski definition) is 3. The Kier molecular flexibility index (Phi) is 5.94. The summed E-state index contributed by atoms with van der Waals surface area (Å²) >= 11 is 0. The van der Waals surface area contributed by atoms with Gasteiger partial charge < -0.3 is 19.9 Å². The molecule has 0 atom stereocenters. The van der Waals surface area contributed by atoms with Crippen LogP contribution in [0.3, 0.4) is 0 Å². The average Bonchev–Trinajstić information content (AvgIpc) is 3.01. The third-order valence-corrected chi connectivity index (χ3v) is 4.46. The predicted molar refractivity (Wildman–Crippen MR) is 101 cm³/mol. The van der Waals surface area contributed by atoms with Gasteiger partial charge in [-0.05, 0) is 30.2 Å². The number of carbonyl (C=O) groups excluding carboxylic acids is 1. The summed E-state index contributed by atoms with van der Waals surface area (Å²) in [6, 6.07) is 8.01. The molecule has 0 saturated carbocycles. The molecule has 0 spiro atoms. The quantitative estimate of drug-likeness (QED) is 0.847. The smallest absolute Gasteiger partial charge is 0.319 e. The van der Waals surface area contributed by atoms with Crippen LogP contribution in [0.2, 0.25) is 0 Å². The van der Waals surface area contributed by atoms with E-state index in [1.807, 2.05) is 12.1 Å². The van der Waals surface area contributed by atoms with Crippen molar-refractivity contribution in [1.82, 2.24) is 14.8 Å². The van der Waals surface area contributed by atoms with Crippen LogP contribution >= 0.6 is 0 Å². The van der Waals surface area contributed by atoms with Crippen molar-refractivity contribution in [1.29, 1.82) is 0 Å². The maximum atomic E-state index is 11.9. The summed E-state index contributed by atoms with van der Waals surface area (Å²) in [6.07, 6.45) is 2.12. The molecule has 1 aliphatic heterocycles. The summed E-state index contributed by atoms with van der Waals surface area (Å²) < 4.78 is 7.67. The molecule has 1 saturated heterocycles. The summed E-state index contributed by atoms with van der Waals surface area (Å²) in [7, 11) is 0. The van der Waals surface area contributed by atoms with Crippen LogP contribution in [0.15, 0.2) is 30.5 Å². The number of amides is 2. The number of anilines is 1. The molecule has 1 aromatic heterocycles. The van der Waals surface area contributed by atoms with Crippen LogP contribution in [0.25, 0.3) is 10.9 Å². The highest BCUT2D eigenvalue weighted by Gasteiger charge is 2.11. The molecular weight excluding hydrogens is 316 g/mol. The van der Waals surface area contributed by atoms with Crippen LogP contribution in [0.5, 0.6) is 0 Å². The van der Waals surface area contributed by atoms with Gasteiger partial charge in [-0.3, -0.25) is 4.90 Å². The van der Waals surface area contributed by atoms with Crippen molar-refractivity contribution in [2.24, 2.45) is 5.92 Å². The van der Waals surface area contributed by atoms with Crippen molar-refractivity contribution in [3.05, 3.63) is 30.5 Å². The maximum Gasteiger partial charge on any atom is 0.319 e. The molecule has 0 aliphatic carbocycles.